The molecule has 0 bridgehead atoms. The van der Waals surface area contributed by atoms with Crippen molar-refractivity contribution in [3.05, 3.63) is 128 Å². The van der Waals surface area contributed by atoms with Gasteiger partial charge in [-0.25, -0.2) is 4.99 Å². The second kappa shape index (κ2) is 11.5. The third-order valence-electron chi connectivity index (χ3n) is 5.96. The molecule has 190 valence electrons. The summed E-state index contributed by atoms with van der Waals surface area (Å²) < 4.78 is 6.11. The summed E-state index contributed by atoms with van der Waals surface area (Å²) >= 11 is 13.7. The van der Waals surface area contributed by atoms with E-state index in [0.717, 1.165) is 33.6 Å². The third kappa shape index (κ3) is 5.97. The predicted molar refractivity (Wildman–Crippen MR) is 160 cm³/mol. The zero-order valence-corrected chi connectivity index (χ0v) is 23.1. The van der Waals surface area contributed by atoms with Gasteiger partial charge in [0, 0.05) is 21.2 Å². The number of halogens is 2. The molecule has 1 fully saturated rings. The van der Waals surface area contributed by atoms with Crippen LogP contribution in [0.5, 0.6) is 5.75 Å². The monoisotopic (exact) mass is 558 g/mol. The van der Waals surface area contributed by atoms with Gasteiger partial charge < -0.3 is 4.74 Å². The molecule has 0 aliphatic carbocycles. The van der Waals surface area contributed by atoms with Crippen LogP contribution in [-0.4, -0.2) is 11.1 Å². The minimum atomic E-state index is -0.139. The van der Waals surface area contributed by atoms with E-state index in [4.69, 9.17) is 32.9 Å². The van der Waals surface area contributed by atoms with Crippen molar-refractivity contribution in [2.75, 3.05) is 4.90 Å². The Morgan fingerprint density at radius 2 is 1.58 bits per heavy atom. The van der Waals surface area contributed by atoms with Crippen LogP contribution in [0.25, 0.3) is 6.08 Å². The number of para-hydroxylation sites is 1. The van der Waals surface area contributed by atoms with E-state index >= 15 is 0 Å². The summed E-state index contributed by atoms with van der Waals surface area (Å²) in [5.41, 5.74) is 5.43. The Bertz CT molecular complexity index is 1550. The number of ether oxygens (including phenoxy) is 1. The molecule has 1 aliphatic heterocycles. The Morgan fingerprint density at radius 3 is 2.29 bits per heavy atom. The molecule has 0 radical (unpaired) electrons. The molecule has 4 aromatic rings. The molecule has 0 aromatic heterocycles. The molecule has 0 N–H and O–H groups in total. The van der Waals surface area contributed by atoms with Gasteiger partial charge in [-0.3, -0.25) is 9.69 Å². The molecule has 1 aliphatic rings. The fourth-order valence-corrected chi connectivity index (χ4v) is 5.32. The molecule has 7 heteroatoms. The van der Waals surface area contributed by atoms with E-state index in [9.17, 15) is 4.79 Å². The standard InChI is InChI=1S/C31H24Cl2N2O2S/c1-20-7-13-25(14-8-20)34-31-35(26-15-9-21(2)10-16-26)30(36)29(38-31)17-22-5-3-4-6-28(22)37-19-23-11-12-24(32)18-27(23)33/h3-18H,19H2,1-2H3/b29-17+,34-31?. The number of hydrogen-bond donors (Lipinski definition) is 0. The number of anilines is 1. The lowest BCUT2D eigenvalue weighted by Crippen LogP contribution is -2.28. The maximum Gasteiger partial charge on any atom is 0.271 e. The van der Waals surface area contributed by atoms with E-state index in [1.165, 1.54) is 11.8 Å². The van der Waals surface area contributed by atoms with E-state index < -0.39 is 0 Å². The molecule has 0 saturated carbocycles. The van der Waals surface area contributed by atoms with Gasteiger partial charge in [0.1, 0.15) is 12.4 Å². The average molecular weight is 560 g/mol. The number of rotatable bonds is 6. The van der Waals surface area contributed by atoms with E-state index in [1.54, 1.807) is 17.0 Å². The zero-order valence-electron chi connectivity index (χ0n) is 20.8. The largest absolute Gasteiger partial charge is 0.488 e. The summed E-state index contributed by atoms with van der Waals surface area (Å²) in [5, 5.41) is 1.71. The molecule has 4 nitrogen and oxygen atoms in total. The van der Waals surface area contributed by atoms with Crippen molar-refractivity contribution < 1.29 is 9.53 Å². The number of aliphatic imine (C=N–C) groups is 1. The fraction of sp³-hybridized carbons (Fsp3) is 0.0968. The average Bonchev–Trinajstić information content (AvgIpc) is 3.20. The van der Waals surface area contributed by atoms with Gasteiger partial charge in [0.15, 0.2) is 5.17 Å². The SMILES string of the molecule is Cc1ccc(N=C2S/C(=C/c3ccccc3OCc3ccc(Cl)cc3Cl)C(=O)N2c2ccc(C)cc2)cc1. The number of carbonyl (C=O) groups excluding carboxylic acids is 1. The minimum absolute atomic E-state index is 0.139. The van der Waals surface area contributed by atoms with Gasteiger partial charge in [-0.05, 0) is 74.1 Å². The number of hydrogen-bond acceptors (Lipinski definition) is 4. The topological polar surface area (TPSA) is 41.9 Å². The summed E-state index contributed by atoms with van der Waals surface area (Å²) in [6.45, 7) is 4.32. The van der Waals surface area contributed by atoms with Crippen LogP contribution in [0.1, 0.15) is 22.3 Å². The summed E-state index contributed by atoms with van der Waals surface area (Å²) in [7, 11) is 0. The third-order valence-corrected chi connectivity index (χ3v) is 7.52. The maximum absolute atomic E-state index is 13.7. The maximum atomic E-state index is 13.7. The molecule has 0 atom stereocenters. The molecule has 1 saturated heterocycles. The highest BCUT2D eigenvalue weighted by Crippen LogP contribution is 2.38. The highest BCUT2D eigenvalue weighted by molar-refractivity contribution is 8.19. The lowest BCUT2D eigenvalue weighted by atomic mass is 10.1. The minimum Gasteiger partial charge on any atom is -0.488 e. The lowest BCUT2D eigenvalue weighted by molar-refractivity contribution is -0.113. The molecular weight excluding hydrogens is 535 g/mol. The van der Waals surface area contributed by atoms with Crippen LogP contribution in [0.4, 0.5) is 11.4 Å². The van der Waals surface area contributed by atoms with Crippen LogP contribution in [0.15, 0.2) is 101 Å². The van der Waals surface area contributed by atoms with Gasteiger partial charge in [0.25, 0.3) is 5.91 Å². The van der Waals surface area contributed by atoms with Crippen molar-refractivity contribution in [2.45, 2.75) is 20.5 Å². The molecule has 1 amide bonds. The zero-order chi connectivity index (χ0) is 26.6. The Hall–Kier alpha value is -3.51. The molecule has 0 unspecified atom stereocenters. The van der Waals surface area contributed by atoms with E-state index in [-0.39, 0.29) is 12.5 Å². The summed E-state index contributed by atoms with van der Waals surface area (Å²) in [4.78, 5) is 20.7. The van der Waals surface area contributed by atoms with Crippen molar-refractivity contribution in [2.24, 2.45) is 4.99 Å². The van der Waals surface area contributed by atoms with Gasteiger partial charge in [-0.1, -0.05) is 82.9 Å². The number of aryl methyl sites for hydroxylation is 2. The first-order chi connectivity index (χ1) is 18.4. The van der Waals surface area contributed by atoms with Gasteiger partial charge in [-0.15, -0.1) is 0 Å². The number of benzene rings is 4. The first-order valence-corrected chi connectivity index (χ1v) is 13.6. The molecule has 1 heterocycles. The van der Waals surface area contributed by atoms with Crippen LogP contribution in [0.3, 0.4) is 0 Å². The molecule has 5 rings (SSSR count). The van der Waals surface area contributed by atoms with Crippen LogP contribution < -0.4 is 9.64 Å². The second-order valence-electron chi connectivity index (χ2n) is 8.88. The molecule has 38 heavy (non-hydrogen) atoms. The van der Waals surface area contributed by atoms with Gasteiger partial charge in [0.05, 0.1) is 16.3 Å². The smallest absolute Gasteiger partial charge is 0.271 e. The van der Waals surface area contributed by atoms with E-state index in [2.05, 4.69) is 0 Å². The highest BCUT2D eigenvalue weighted by atomic mass is 35.5. The quantitative estimate of drug-likeness (QED) is 0.222. The van der Waals surface area contributed by atoms with Crippen molar-refractivity contribution in [3.63, 3.8) is 0 Å². The highest BCUT2D eigenvalue weighted by Gasteiger charge is 2.35. The summed E-state index contributed by atoms with van der Waals surface area (Å²) in [5.74, 6) is 0.505. The first-order valence-electron chi connectivity index (χ1n) is 12.0. The van der Waals surface area contributed by atoms with Crippen LogP contribution in [0, 0.1) is 13.8 Å². The summed E-state index contributed by atoms with van der Waals surface area (Å²) in [6.07, 6.45) is 1.85. The Kier molecular flexibility index (Phi) is 7.89. The normalized spacial score (nSPS) is 15.5. The van der Waals surface area contributed by atoms with Crippen molar-refractivity contribution in [3.8, 4) is 5.75 Å². The Balaban J connectivity index is 1.48. The number of nitrogens with zero attached hydrogens (tertiary/aromatic N) is 2. The number of carbonyl (C=O) groups is 1. The van der Waals surface area contributed by atoms with E-state index in [1.807, 2.05) is 98.8 Å². The number of amidine groups is 1. The van der Waals surface area contributed by atoms with Crippen molar-refractivity contribution >= 4 is 63.5 Å². The molecular formula is C31H24Cl2N2O2S. The van der Waals surface area contributed by atoms with Crippen LogP contribution >= 0.6 is 35.0 Å². The predicted octanol–water partition coefficient (Wildman–Crippen LogP) is 9.00. The van der Waals surface area contributed by atoms with Crippen LogP contribution in [0.2, 0.25) is 10.0 Å². The fourth-order valence-electron chi connectivity index (χ4n) is 3.87. The first kappa shape index (κ1) is 26.1. The van der Waals surface area contributed by atoms with Crippen molar-refractivity contribution in [1.29, 1.82) is 0 Å². The van der Waals surface area contributed by atoms with Crippen molar-refractivity contribution in [1.82, 2.24) is 0 Å². The summed E-state index contributed by atoms with van der Waals surface area (Å²) in [6, 6.07) is 28.7. The van der Waals surface area contributed by atoms with Gasteiger partial charge in [-0.2, -0.15) is 0 Å². The van der Waals surface area contributed by atoms with Gasteiger partial charge in [0.2, 0.25) is 0 Å². The Labute approximate surface area is 236 Å². The van der Waals surface area contributed by atoms with Gasteiger partial charge >= 0.3 is 0 Å². The van der Waals surface area contributed by atoms with E-state index in [0.29, 0.717) is 25.9 Å². The number of amides is 1. The lowest BCUT2D eigenvalue weighted by Gasteiger charge is -2.16. The Morgan fingerprint density at radius 1 is 0.895 bits per heavy atom. The number of thioether (sulfide) groups is 1. The van der Waals surface area contributed by atoms with Crippen LogP contribution in [-0.2, 0) is 11.4 Å². The molecule has 0 spiro atoms. The molecule has 4 aromatic carbocycles. The second-order valence-corrected chi connectivity index (χ2v) is 10.7.